The normalized spacial score (nSPS) is 12.2. The van der Waals surface area contributed by atoms with Crippen LogP contribution in [0.15, 0.2) is 36.4 Å². The van der Waals surface area contributed by atoms with Crippen molar-refractivity contribution in [2.45, 2.75) is 19.9 Å². The zero-order chi connectivity index (χ0) is 14.0. The van der Waals surface area contributed by atoms with E-state index in [1.807, 2.05) is 37.3 Å². The number of rotatable bonds is 3. The zero-order valence-corrected chi connectivity index (χ0v) is 11.6. The van der Waals surface area contributed by atoms with Gasteiger partial charge >= 0.3 is 0 Å². The molecule has 2 aromatic carbocycles. The number of nitrogens with two attached hydrogens (primary N) is 2. The first-order valence-corrected chi connectivity index (χ1v) is 6.29. The van der Waals surface area contributed by atoms with Gasteiger partial charge in [0.15, 0.2) is 0 Å². The molecule has 2 aromatic rings. The third-order valence-electron chi connectivity index (χ3n) is 3.29. The highest BCUT2D eigenvalue weighted by atomic mass is 16.5. The summed E-state index contributed by atoms with van der Waals surface area (Å²) in [5.41, 5.74) is 17.2. The van der Waals surface area contributed by atoms with Gasteiger partial charge in [-0.1, -0.05) is 18.2 Å². The van der Waals surface area contributed by atoms with Crippen LogP contribution in [-0.4, -0.2) is 7.11 Å². The summed E-state index contributed by atoms with van der Waals surface area (Å²) >= 11 is 0. The van der Waals surface area contributed by atoms with Crippen molar-refractivity contribution in [3.05, 3.63) is 58.7 Å². The van der Waals surface area contributed by atoms with Gasteiger partial charge in [-0.2, -0.15) is 0 Å². The summed E-state index contributed by atoms with van der Waals surface area (Å²) < 4.78 is 5.47. The number of ether oxygens (including phenoxy) is 1. The Morgan fingerprint density at radius 2 is 1.84 bits per heavy atom. The van der Waals surface area contributed by atoms with Crippen molar-refractivity contribution in [1.29, 1.82) is 0 Å². The van der Waals surface area contributed by atoms with Crippen molar-refractivity contribution in [2.24, 2.45) is 5.73 Å². The molecule has 100 valence electrons. The van der Waals surface area contributed by atoms with Gasteiger partial charge in [0, 0.05) is 11.3 Å². The number of hydrogen-bond donors (Lipinski definition) is 2. The van der Waals surface area contributed by atoms with E-state index in [2.05, 4.69) is 13.0 Å². The van der Waals surface area contributed by atoms with Crippen LogP contribution in [0.25, 0.3) is 0 Å². The molecule has 0 saturated carbocycles. The monoisotopic (exact) mass is 256 g/mol. The zero-order valence-electron chi connectivity index (χ0n) is 11.6. The summed E-state index contributed by atoms with van der Waals surface area (Å²) in [6, 6.07) is 11.6. The number of anilines is 1. The van der Waals surface area contributed by atoms with E-state index in [4.69, 9.17) is 16.2 Å². The van der Waals surface area contributed by atoms with Crippen LogP contribution in [-0.2, 0) is 0 Å². The Morgan fingerprint density at radius 1 is 1.11 bits per heavy atom. The summed E-state index contributed by atoms with van der Waals surface area (Å²) in [5.74, 6) is 0.826. The predicted octanol–water partition coefficient (Wildman–Crippen LogP) is 2.94. The summed E-state index contributed by atoms with van der Waals surface area (Å²) in [6.07, 6.45) is 0. The largest absolute Gasteiger partial charge is 0.496 e. The molecule has 0 aliphatic heterocycles. The summed E-state index contributed by atoms with van der Waals surface area (Å²) in [4.78, 5) is 0. The van der Waals surface area contributed by atoms with Crippen LogP contribution in [0.2, 0.25) is 0 Å². The van der Waals surface area contributed by atoms with E-state index in [-0.39, 0.29) is 6.04 Å². The third kappa shape index (κ3) is 2.71. The second-order valence-corrected chi connectivity index (χ2v) is 4.85. The molecule has 0 fully saturated rings. The molecule has 3 heteroatoms. The Labute approximate surface area is 114 Å². The lowest BCUT2D eigenvalue weighted by atomic mass is 9.93. The smallest absolute Gasteiger partial charge is 0.124 e. The van der Waals surface area contributed by atoms with E-state index in [1.54, 1.807) is 7.11 Å². The van der Waals surface area contributed by atoms with Crippen LogP contribution in [0.5, 0.6) is 5.75 Å². The second kappa shape index (κ2) is 5.33. The Kier molecular flexibility index (Phi) is 3.76. The van der Waals surface area contributed by atoms with Crippen molar-refractivity contribution in [1.82, 2.24) is 0 Å². The first kappa shape index (κ1) is 13.4. The van der Waals surface area contributed by atoms with Gasteiger partial charge in [0.05, 0.1) is 13.2 Å². The number of benzene rings is 2. The molecular weight excluding hydrogens is 236 g/mol. The molecular formula is C16H20N2O. The quantitative estimate of drug-likeness (QED) is 0.830. The molecule has 0 radical (unpaired) electrons. The third-order valence-corrected chi connectivity index (χ3v) is 3.29. The molecule has 0 aliphatic carbocycles. The number of hydrogen-bond acceptors (Lipinski definition) is 3. The van der Waals surface area contributed by atoms with Gasteiger partial charge in [0.2, 0.25) is 0 Å². The minimum atomic E-state index is -0.237. The predicted molar refractivity (Wildman–Crippen MR) is 79.4 cm³/mol. The molecule has 0 amide bonds. The fourth-order valence-electron chi connectivity index (χ4n) is 2.43. The first-order chi connectivity index (χ1) is 9.02. The van der Waals surface area contributed by atoms with Crippen LogP contribution < -0.4 is 16.2 Å². The molecule has 0 aliphatic rings. The SMILES string of the molecule is COc1cc(C)cc(C)c1C(N)c1cccc(N)c1. The number of nitrogen functional groups attached to an aromatic ring is 1. The average molecular weight is 256 g/mol. The molecule has 2 rings (SSSR count). The molecule has 3 nitrogen and oxygen atoms in total. The van der Waals surface area contributed by atoms with E-state index in [0.717, 1.165) is 33.7 Å². The summed E-state index contributed by atoms with van der Waals surface area (Å²) in [5, 5.41) is 0. The fourth-order valence-corrected chi connectivity index (χ4v) is 2.43. The van der Waals surface area contributed by atoms with Gasteiger partial charge < -0.3 is 16.2 Å². The highest BCUT2D eigenvalue weighted by molar-refractivity contribution is 5.51. The van der Waals surface area contributed by atoms with Crippen molar-refractivity contribution in [3.8, 4) is 5.75 Å². The van der Waals surface area contributed by atoms with Gasteiger partial charge in [-0.15, -0.1) is 0 Å². The molecule has 0 spiro atoms. The number of methoxy groups -OCH3 is 1. The maximum atomic E-state index is 6.38. The minimum Gasteiger partial charge on any atom is -0.496 e. The van der Waals surface area contributed by atoms with Crippen molar-refractivity contribution in [3.63, 3.8) is 0 Å². The maximum absolute atomic E-state index is 6.38. The molecule has 0 heterocycles. The highest BCUT2D eigenvalue weighted by Crippen LogP contribution is 2.32. The van der Waals surface area contributed by atoms with E-state index in [1.165, 1.54) is 0 Å². The van der Waals surface area contributed by atoms with Gasteiger partial charge in [0.1, 0.15) is 5.75 Å². The van der Waals surface area contributed by atoms with Crippen LogP contribution in [0.4, 0.5) is 5.69 Å². The van der Waals surface area contributed by atoms with Crippen molar-refractivity contribution < 1.29 is 4.74 Å². The molecule has 1 atom stereocenters. The Morgan fingerprint density at radius 3 is 2.47 bits per heavy atom. The van der Waals surface area contributed by atoms with Gasteiger partial charge in [0.25, 0.3) is 0 Å². The molecule has 19 heavy (non-hydrogen) atoms. The molecule has 0 bridgehead atoms. The maximum Gasteiger partial charge on any atom is 0.124 e. The van der Waals surface area contributed by atoms with Crippen LogP contribution in [0.1, 0.15) is 28.3 Å². The van der Waals surface area contributed by atoms with Crippen LogP contribution in [0, 0.1) is 13.8 Å². The Balaban J connectivity index is 2.52. The molecule has 0 saturated heterocycles. The lowest BCUT2D eigenvalue weighted by molar-refractivity contribution is 0.407. The molecule has 1 unspecified atom stereocenters. The first-order valence-electron chi connectivity index (χ1n) is 6.29. The van der Waals surface area contributed by atoms with Crippen LogP contribution >= 0.6 is 0 Å². The lowest BCUT2D eigenvalue weighted by Gasteiger charge is -2.19. The topological polar surface area (TPSA) is 61.3 Å². The highest BCUT2D eigenvalue weighted by Gasteiger charge is 2.17. The van der Waals surface area contributed by atoms with Gasteiger partial charge in [-0.3, -0.25) is 0 Å². The molecule has 4 N–H and O–H groups in total. The van der Waals surface area contributed by atoms with Crippen LogP contribution in [0.3, 0.4) is 0 Å². The van der Waals surface area contributed by atoms with Gasteiger partial charge in [-0.25, -0.2) is 0 Å². The Bertz CT molecular complexity index is 593. The molecule has 0 aromatic heterocycles. The van der Waals surface area contributed by atoms with Crippen molar-refractivity contribution >= 4 is 5.69 Å². The van der Waals surface area contributed by atoms with E-state index in [0.29, 0.717) is 0 Å². The van der Waals surface area contributed by atoms with E-state index in [9.17, 15) is 0 Å². The summed E-state index contributed by atoms with van der Waals surface area (Å²) in [6.45, 7) is 4.10. The summed E-state index contributed by atoms with van der Waals surface area (Å²) in [7, 11) is 1.67. The van der Waals surface area contributed by atoms with E-state index < -0.39 is 0 Å². The van der Waals surface area contributed by atoms with E-state index >= 15 is 0 Å². The minimum absolute atomic E-state index is 0.237. The average Bonchev–Trinajstić information content (AvgIpc) is 2.37. The standard InChI is InChI=1S/C16H20N2O/c1-10-7-11(2)15(14(8-10)19-3)16(18)12-5-4-6-13(17)9-12/h4-9,16H,17-18H2,1-3H3. The second-order valence-electron chi connectivity index (χ2n) is 4.85. The van der Waals surface area contributed by atoms with Gasteiger partial charge in [-0.05, 0) is 48.7 Å². The number of aryl methyl sites for hydroxylation is 2. The lowest BCUT2D eigenvalue weighted by Crippen LogP contribution is -2.15. The Hall–Kier alpha value is -2.00. The fraction of sp³-hybridized carbons (Fsp3) is 0.250. The van der Waals surface area contributed by atoms with Crippen molar-refractivity contribution in [2.75, 3.05) is 12.8 Å².